The molecule has 0 aliphatic carbocycles. The van der Waals surface area contributed by atoms with Crippen LogP contribution in [0.4, 0.5) is 24.0 Å². The molecule has 10 heterocycles. The van der Waals surface area contributed by atoms with Crippen LogP contribution in [0.1, 0.15) is 47.0 Å². The molecule has 10 saturated heterocycles. The Morgan fingerprint density at radius 3 is 0.932 bits per heavy atom. The van der Waals surface area contributed by atoms with Gasteiger partial charge in [0.15, 0.2) is 32.2 Å². The van der Waals surface area contributed by atoms with E-state index in [9.17, 15) is 94.8 Å². The first-order chi connectivity index (χ1) is 53.9. The number of ketones is 1. The van der Waals surface area contributed by atoms with Crippen LogP contribution in [0.2, 0.25) is 0 Å². The number of primary amides is 7. The van der Waals surface area contributed by atoms with Gasteiger partial charge in [-0.15, -0.1) is 38.7 Å². The molecule has 652 valence electrons. The van der Waals surface area contributed by atoms with Crippen LogP contribution in [-0.2, 0) is 120 Å². The third kappa shape index (κ3) is 27.8. The fraction of sp³-hybridized carbons (Fsp3) is 0.541. The minimum absolute atomic E-state index is 0. The van der Waals surface area contributed by atoms with E-state index in [2.05, 4.69) is 77.3 Å². The van der Waals surface area contributed by atoms with E-state index in [0.29, 0.717) is 17.1 Å². The number of rotatable bonds is 33. The van der Waals surface area contributed by atoms with Crippen LogP contribution in [0.25, 0.3) is 0 Å². The molecule has 0 radical (unpaired) electrons. The summed E-state index contributed by atoms with van der Waals surface area (Å²) in [7, 11) is -2.77. The molecule has 10 rings (SSSR count). The maximum atomic E-state index is 12.4. The average Bonchev–Trinajstić information content (AvgIpc) is 1.65. The number of carbonyl (C=O) groups excluding carboxylic acids is 15. The van der Waals surface area contributed by atoms with Crippen molar-refractivity contribution in [2.75, 3.05) is 106 Å². The standard InChI is InChI=1S/C13H18N4O6.C12H17N5O5.C12H16N4O6.C11H14N2O5.C9H13N5O8S.C2H6N2O2.2CH4.ClH.Na/c1-3-4-23-17-10-6-16(13(17)20)9(12(19)21-2)5-8(10)15-22-7-11(14)18;1-2-3-22-17-9-5-16(12(17)20)8(11(14)19)4-7(9)15-21-6-10(13)18;1-2-3-22-16-9-5-15(12(16)20)8(11(18)19)4-7(9)14-21-6-10(13)17;1-3-4-18-13-8-6-12(11(13)16)7(5-9(8)14)10(15)17-2;10-7(15)3-21-12-4-1-5(8(11)16)13-2-6(4)14(9(13)17)22-23(18,19)20;3-2(5)1-6-4;;;;/h3,9-10H,1,4-7H2,2H3,(H2,14,18);2,8-9H,1,3-6H2,(H2,13,18)(H2,14,19);2,8-9H,1,3-6H2,(H2,13,17)(H,18,19);3,7-8H,1,4-6H2,2H3;5-6H,1-3H2,(H2,10,15)(H2,11,16)(H,18,19,20);1,4H2,(H2,3,5);2*1H4;1H;/q;;;;;;;;;+1/p-1/t9-,10-;2*8-,9-;7-,8-;5-,6-;;;;;/m00000...../s1. The number of urea groups is 5. The summed E-state index contributed by atoms with van der Waals surface area (Å²) in [4.78, 5) is 233. The molecular weight excluding hydrogens is 1640 g/mol. The first kappa shape index (κ1) is 104. The van der Waals surface area contributed by atoms with Crippen LogP contribution >= 0.6 is 12.4 Å². The van der Waals surface area contributed by atoms with Gasteiger partial charge in [0, 0.05) is 32.1 Å². The second-order valence-corrected chi connectivity index (χ2v) is 25.0. The summed E-state index contributed by atoms with van der Waals surface area (Å²) in [6.45, 7) is 12.9. The van der Waals surface area contributed by atoms with E-state index in [1.54, 1.807) is 0 Å². The quantitative estimate of drug-likeness (QED) is 0.00736. The average molecular weight is 1740 g/mol. The molecule has 118 heavy (non-hydrogen) atoms. The van der Waals surface area contributed by atoms with Crippen molar-refractivity contribution < 1.29 is 182 Å². The van der Waals surface area contributed by atoms with Gasteiger partial charge in [0.05, 0.1) is 96.2 Å². The van der Waals surface area contributed by atoms with Gasteiger partial charge in [-0.05, 0) is 0 Å². The Hall–Kier alpha value is -11.5. The Kier molecular flexibility index (Phi) is 43.3. The summed E-state index contributed by atoms with van der Waals surface area (Å²) < 4.78 is 45.6. The second kappa shape index (κ2) is 48.9. The number of nitrogens with zero attached hydrogens (tertiary/aromatic N) is 14. The van der Waals surface area contributed by atoms with Crippen molar-refractivity contribution in [3.05, 3.63) is 50.6 Å². The fourth-order valence-corrected chi connectivity index (χ4v) is 12.0. The zero-order valence-corrected chi connectivity index (χ0v) is 65.8. The molecule has 57 heteroatoms. The van der Waals surface area contributed by atoms with Crippen LogP contribution in [-0.4, -0.2) is 353 Å². The van der Waals surface area contributed by atoms with Crippen molar-refractivity contribution in [2.24, 2.45) is 66.7 Å². The minimum Gasteiger partial charge on any atom is -0.724 e. The molecule has 0 aromatic carbocycles. The minimum atomic E-state index is -5.23. The number of hydrogen-bond donors (Lipinski definition) is 9. The number of carbonyl (C=O) groups is 16. The number of nitrogens with two attached hydrogens (primary N) is 8. The molecule has 54 nitrogen and oxygen atoms in total. The van der Waals surface area contributed by atoms with E-state index in [-0.39, 0.29) is 171 Å². The van der Waals surface area contributed by atoms with E-state index < -0.39 is 187 Å². The number of methoxy groups -OCH3 is 2. The Balaban J connectivity index is 0.000000719. The molecule has 10 fully saturated rings. The zero-order valence-electron chi connectivity index (χ0n) is 62.1. The van der Waals surface area contributed by atoms with Gasteiger partial charge in [-0.25, -0.2) is 52.7 Å². The van der Waals surface area contributed by atoms with E-state index in [1.165, 1.54) is 58.1 Å². The van der Waals surface area contributed by atoms with Gasteiger partial charge in [-0.1, -0.05) is 59.8 Å². The second-order valence-electron chi connectivity index (χ2n) is 24.0. The number of ether oxygens (including phenoxy) is 2. The molecule has 17 amide bonds. The number of Topliss-reactive ketones (excluding diaryl/α,β-unsaturated/α-hetero) is 1. The number of carboxylic acids is 1. The SMILES string of the molecule is C.C.C=CCON1C(=O)N2C[C@H]1C(=NOCC(N)=O)C[C@H]2C(=O)O.C=CCON1C(=O)N2C[C@H]1C(=NOCC(N)=O)C[C@H]2C(=O)OC.C=CCON1C(=O)N2C[C@H]1C(=NOCC(N)=O)C[C@H]2C(N)=O.C=CCON1C(=O)N2C[C@H]1C(=O)C[C@H]2C(=O)OC.Cl.NC(=O)CON=C1C[C@@H](C(N)=O)N2C[C@@H]1N(OS(=O)(=O)[O-])C2=O.NOCC(N)=O.[Na+]. The van der Waals surface area contributed by atoms with Crippen LogP contribution < -0.4 is 75.6 Å². The molecular formula is C61H92ClN22NaO32S. The van der Waals surface area contributed by atoms with Crippen molar-refractivity contribution in [2.45, 2.75) is 107 Å². The number of carboxylic acid groups (broad SMARTS) is 1. The predicted molar refractivity (Wildman–Crippen MR) is 391 cm³/mol. The molecule has 17 N–H and O–H groups in total. The molecule has 10 bridgehead atoms. The number of fused-ring (bicyclic) bond motifs is 10. The van der Waals surface area contributed by atoms with Crippen LogP contribution in [0.15, 0.2) is 71.2 Å². The largest absolute Gasteiger partial charge is 1.00 e. The first-order valence-electron chi connectivity index (χ1n) is 32.9. The van der Waals surface area contributed by atoms with E-state index in [0.717, 1.165) is 25.2 Å². The van der Waals surface area contributed by atoms with Gasteiger partial charge < -0.3 is 103 Å². The third-order valence-corrected chi connectivity index (χ3v) is 16.7. The number of amides is 17. The van der Waals surface area contributed by atoms with Crippen molar-refractivity contribution in [1.29, 1.82) is 0 Å². The van der Waals surface area contributed by atoms with Gasteiger partial charge in [-0.2, -0.15) is 29.6 Å². The monoisotopic (exact) mass is 1730 g/mol. The first-order valence-corrected chi connectivity index (χ1v) is 34.3. The van der Waals surface area contributed by atoms with Crippen molar-refractivity contribution in [3.8, 4) is 0 Å². The summed E-state index contributed by atoms with van der Waals surface area (Å²) in [5.74, 6) is -3.05. The van der Waals surface area contributed by atoms with E-state index in [4.69, 9.17) is 73.0 Å². The molecule has 0 aromatic rings. The van der Waals surface area contributed by atoms with E-state index in [1.807, 2.05) is 0 Å². The van der Waals surface area contributed by atoms with Gasteiger partial charge >= 0.3 is 77.6 Å². The summed E-state index contributed by atoms with van der Waals surface area (Å²) in [5, 5.41) is 28.8. The molecule has 10 atom stereocenters. The topological polar surface area (TPSA) is 751 Å². The Morgan fingerprint density at radius 2 is 0.678 bits per heavy atom. The van der Waals surface area contributed by atoms with E-state index >= 15 is 0 Å². The summed E-state index contributed by atoms with van der Waals surface area (Å²) >= 11 is 0. The van der Waals surface area contributed by atoms with Gasteiger partial charge in [-0.3, -0.25) is 62.5 Å². The Bertz CT molecular complexity index is 3880. The maximum Gasteiger partial charge on any atom is 1.00 e. The van der Waals surface area contributed by atoms with Crippen molar-refractivity contribution in [1.82, 2.24) is 49.8 Å². The molecule has 0 saturated carbocycles. The number of esters is 2. The number of halogens is 1. The zero-order chi connectivity index (χ0) is 85.2. The number of hydroxylamine groups is 10. The van der Waals surface area contributed by atoms with Gasteiger partial charge in [0.25, 0.3) is 23.6 Å². The van der Waals surface area contributed by atoms with Crippen molar-refractivity contribution >= 4 is 141 Å². The third-order valence-electron chi connectivity index (χ3n) is 16.4. The molecule has 10 aliphatic heterocycles. The van der Waals surface area contributed by atoms with Crippen LogP contribution in [0.3, 0.4) is 0 Å². The Labute approximate surface area is 699 Å². The summed E-state index contributed by atoms with van der Waals surface area (Å²) in [6.07, 6.45) is 5.92. The number of hydrogen-bond acceptors (Lipinski definition) is 36. The molecule has 0 unspecified atom stereocenters. The van der Waals surface area contributed by atoms with Gasteiger partial charge in [0.2, 0.25) is 28.1 Å². The number of oxime groups is 4. The molecule has 0 spiro atoms. The predicted octanol–water partition coefficient (Wildman–Crippen LogP) is -10.4. The summed E-state index contributed by atoms with van der Waals surface area (Å²) in [5.41, 5.74) is 35.9. The van der Waals surface area contributed by atoms with Gasteiger partial charge in [0.1, 0.15) is 67.0 Å². The normalized spacial score (nSPS) is 23.8. The fourth-order valence-electron chi connectivity index (χ4n) is 11.6. The van der Waals surface area contributed by atoms with Crippen LogP contribution in [0.5, 0.6) is 0 Å². The maximum absolute atomic E-state index is 12.4. The summed E-state index contributed by atoms with van der Waals surface area (Å²) in [6, 6.07) is -11.0. The smallest absolute Gasteiger partial charge is 0.724 e. The van der Waals surface area contributed by atoms with Crippen LogP contribution in [0, 0.1) is 0 Å². The number of piperidine rings is 5. The van der Waals surface area contributed by atoms with Crippen molar-refractivity contribution in [3.63, 3.8) is 0 Å². The number of aliphatic carboxylic acids is 1. The molecule has 10 aliphatic rings. The molecule has 0 aromatic heterocycles. The Morgan fingerprint density at radius 1 is 0.432 bits per heavy atom.